The molecule has 264 valence electrons. The molecule has 7 rings (SSSR count). The molecule has 1 fully saturated rings. The van der Waals surface area contributed by atoms with E-state index < -0.39 is 17.9 Å². The Morgan fingerprint density at radius 3 is 2.33 bits per heavy atom. The minimum absolute atomic E-state index is 0.00967. The first-order valence-electron chi connectivity index (χ1n) is 16.3. The van der Waals surface area contributed by atoms with Gasteiger partial charge in [-0.3, -0.25) is 24.2 Å². The van der Waals surface area contributed by atoms with Gasteiger partial charge >= 0.3 is 12.1 Å². The molecule has 5 heterocycles. The lowest BCUT2D eigenvalue weighted by Crippen LogP contribution is -2.40. The van der Waals surface area contributed by atoms with Gasteiger partial charge in [-0.05, 0) is 69.1 Å². The fourth-order valence-electron chi connectivity index (χ4n) is 6.72. The third-order valence-electron chi connectivity index (χ3n) is 9.23. The van der Waals surface area contributed by atoms with Crippen molar-refractivity contribution < 1.29 is 27.5 Å². The Hall–Kier alpha value is -4.79. The molecule has 3 aromatic heterocycles. The Morgan fingerprint density at radius 2 is 1.63 bits per heavy atom. The molecule has 0 bridgehead atoms. The molecule has 2 aliphatic heterocycles. The summed E-state index contributed by atoms with van der Waals surface area (Å²) in [6, 6.07) is 14.8. The average Bonchev–Trinajstić information content (AvgIpc) is 3.58. The first kappa shape index (κ1) is 34.6. The lowest BCUT2D eigenvalue weighted by molar-refractivity contribution is -0.147. The second kappa shape index (κ2) is 14.1. The Bertz CT molecular complexity index is 2140. The van der Waals surface area contributed by atoms with Gasteiger partial charge in [0.2, 0.25) is 5.82 Å². The van der Waals surface area contributed by atoms with E-state index in [9.17, 15) is 22.8 Å². The molecule has 5 aromatic rings. The van der Waals surface area contributed by atoms with Crippen molar-refractivity contribution >= 4 is 63.3 Å². The summed E-state index contributed by atoms with van der Waals surface area (Å²) in [4.78, 5) is 39.4. The quantitative estimate of drug-likeness (QED) is 0.160. The number of rotatable bonds is 7. The van der Waals surface area contributed by atoms with E-state index in [1.54, 1.807) is 36.4 Å². The Balaban J connectivity index is 1.12. The maximum Gasteiger partial charge on any atom is 0.451 e. The SMILES string of the molecule is COC(=O)C1CCN([C@@H]2CCCn3nc(C(=O)Nc4cccc(-c5cccc(Nc6nc(C(F)(F)F)nc7cccnc67)c5Cl)c4Cl)cc32)CC1. The fraction of sp³-hybridized carbons (Fsp3) is 0.314. The third-order valence-corrected chi connectivity index (χ3v) is 10.0. The van der Waals surface area contributed by atoms with Crippen LogP contribution in [0, 0.1) is 5.92 Å². The number of likely N-dealkylation sites (tertiary alicyclic amines) is 1. The minimum atomic E-state index is -4.79. The first-order valence-corrected chi connectivity index (χ1v) is 17.0. The topological polar surface area (TPSA) is 127 Å². The molecule has 1 saturated heterocycles. The molecule has 2 aromatic carbocycles. The number of piperidine rings is 1. The second-order valence-corrected chi connectivity index (χ2v) is 13.1. The largest absolute Gasteiger partial charge is 0.469 e. The van der Waals surface area contributed by atoms with E-state index in [-0.39, 0.29) is 56.2 Å². The zero-order valence-corrected chi connectivity index (χ0v) is 28.7. The highest BCUT2D eigenvalue weighted by atomic mass is 35.5. The van der Waals surface area contributed by atoms with E-state index >= 15 is 0 Å². The molecule has 0 aliphatic carbocycles. The maximum absolute atomic E-state index is 13.6. The molecule has 2 N–H and O–H groups in total. The number of amides is 1. The van der Waals surface area contributed by atoms with Crippen LogP contribution in [0.15, 0.2) is 60.8 Å². The number of aromatic nitrogens is 5. The number of fused-ring (bicyclic) bond motifs is 2. The summed E-state index contributed by atoms with van der Waals surface area (Å²) in [6.45, 7) is 2.19. The number of hydrogen-bond acceptors (Lipinski definition) is 9. The molecule has 0 unspecified atom stereocenters. The average molecular weight is 740 g/mol. The van der Waals surface area contributed by atoms with Crippen LogP contribution in [0.3, 0.4) is 0 Å². The fourth-order valence-corrected chi connectivity index (χ4v) is 7.27. The summed E-state index contributed by atoms with van der Waals surface area (Å²) in [6.07, 6.45) is -0.0892. The normalized spacial score (nSPS) is 16.9. The summed E-state index contributed by atoms with van der Waals surface area (Å²) in [5, 5.41) is 10.7. The van der Waals surface area contributed by atoms with Gasteiger partial charge < -0.3 is 15.4 Å². The molecule has 11 nitrogen and oxygen atoms in total. The number of carbonyl (C=O) groups is 2. The van der Waals surface area contributed by atoms with E-state index in [1.807, 2.05) is 10.7 Å². The number of ether oxygens (including phenoxy) is 1. The van der Waals surface area contributed by atoms with Crippen LogP contribution < -0.4 is 10.6 Å². The van der Waals surface area contributed by atoms with Gasteiger partial charge in [0.1, 0.15) is 5.52 Å². The predicted molar refractivity (Wildman–Crippen MR) is 186 cm³/mol. The molecule has 2 aliphatic rings. The van der Waals surface area contributed by atoms with Crippen molar-refractivity contribution in [1.29, 1.82) is 0 Å². The molecule has 16 heteroatoms. The van der Waals surface area contributed by atoms with Crippen molar-refractivity contribution in [3.8, 4) is 11.1 Å². The first-order chi connectivity index (χ1) is 24.5. The van der Waals surface area contributed by atoms with Crippen LogP contribution >= 0.6 is 23.2 Å². The highest BCUT2D eigenvalue weighted by Gasteiger charge is 2.36. The van der Waals surface area contributed by atoms with Gasteiger partial charge in [-0.15, -0.1) is 0 Å². The second-order valence-electron chi connectivity index (χ2n) is 12.3. The highest BCUT2D eigenvalue weighted by molar-refractivity contribution is 6.39. The number of benzene rings is 2. The smallest absolute Gasteiger partial charge is 0.451 e. The number of nitrogens with zero attached hydrogens (tertiary/aromatic N) is 6. The van der Waals surface area contributed by atoms with Gasteiger partial charge in [0.25, 0.3) is 5.91 Å². The molecular weight excluding hydrogens is 708 g/mol. The van der Waals surface area contributed by atoms with Gasteiger partial charge in [0.05, 0.1) is 51.7 Å². The van der Waals surface area contributed by atoms with E-state index in [1.165, 1.54) is 25.4 Å². The summed E-state index contributed by atoms with van der Waals surface area (Å²) < 4.78 is 47.7. The number of alkyl halides is 3. The number of aryl methyl sites for hydroxylation is 1. The Labute approximate surface area is 300 Å². The maximum atomic E-state index is 13.6. The third kappa shape index (κ3) is 6.95. The molecule has 0 radical (unpaired) electrons. The van der Waals surface area contributed by atoms with E-state index in [0.717, 1.165) is 44.5 Å². The van der Waals surface area contributed by atoms with Crippen LogP contribution in [0.25, 0.3) is 22.2 Å². The summed E-state index contributed by atoms with van der Waals surface area (Å²) in [5.74, 6) is -2.21. The van der Waals surface area contributed by atoms with Crippen molar-refractivity contribution in [2.45, 2.75) is 44.4 Å². The van der Waals surface area contributed by atoms with Gasteiger partial charge in [0, 0.05) is 23.9 Å². The Morgan fingerprint density at radius 1 is 0.922 bits per heavy atom. The summed E-state index contributed by atoms with van der Waals surface area (Å²) in [5.41, 5.74) is 2.85. The summed E-state index contributed by atoms with van der Waals surface area (Å²) >= 11 is 13.7. The van der Waals surface area contributed by atoms with Gasteiger partial charge in [-0.2, -0.15) is 18.3 Å². The van der Waals surface area contributed by atoms with Crippen molar-refractivity contribution in [1.82, 2.24) is 29.6 Å². The number of carbonyl (C=O) groups excluding carboxylic acids is 2. The number of hydrogen-bond donors (Lipinski definition) is 2. The van der Waals surface area contributed by atoms with Gasteiger partial charge in [0.15, 0.2) is 11.5 Å². The zero-order valence-electron chi connectivity index (χ0n) is 27.2. The van der Waals surface area contributed by atoms with Crippen LogP contribution in [0.4, 0.5) is 30.4 Å². The van der Waals surface area contributed by atoms with Gasteiger partial charge in [-0.1, -0.05) is 47.5 Å². The number of pyridine rings is 1. The van der Waals surface area contributed by atoms with Crippen LogP contribution in [0.5, 0.6) is 0 Å². The van der Waals surface area contributed by atoms with Crippen LogP contribution in [0.1, 0.15) is 53.7 Å². The van der Waals surface area contributed by atoms with Crippen molar-refractivity contribution in [3.63, 3.8) is 0 Å². The van der Waals surface area contributed by atoms with Crippen molar-refractivity contribution in [2.75, 3.05) is 30.8 Å². The molecule has 0 saturated carbocycles. The number of halogens is 5. The molecule has 1 atom stereocenters. The van der Waals surface area contributed by atoms with Crippen LogP contribution in [-0.4, -0.2) is 61.7 Å². The van der Waals surface area contributed by atoms with E-state index in [2.05, 4.69) is 35.6 Å². The zero-order chi connectivity index (χ0) is 35.9. The van der Waals surface area contributed by atoms with Crippen molar-refractivity contribution in [3.05, 3.63) is 88.1 Å². The van der Waals surface area contributed by atoms with Crippen molar-refractivity contribution in [2.24, 2.45) is 5.92 Å². The molecular formula is C35H31Cl2F3N8O3. The summed E-state index contributed by atoms with van der Waals surface area (Å²) in [7, 11) is 1.41. The van der Waals surface area contributed by atoms with Gasteiger partial charge in [-0.25, -0.2) is 9.97 Å². The minimum Gasteiger partial charge on any atom is -0.469 e. The Kier molecular flexibility index (Phi) is 9.57. The molecule has 0 spiro atoms. The number of esters is 1. The van der Waals surface area contributed by atoms with Crippen LogP contribution in [-0.2, 0) is 22.3 Å². The van der Waals surface area contributed by atoms with E-state index in [0.29, 0.717) is 23.4 Å². The standard InChI is InChI=1S/C35H31Cl2F3N8O3/c1-51-33(50)19-12-16-47(17-13-19)26-11-5-15-48-27(26)18-25(46-48)32(49)43-23-9-3-7-21(29(23)37)20-6-2-8-22(28(20)36)42-31-30-24(10-4-14-41-30)44-34(45-31)35(38,39)40/h2-4,6-10,14,18-19,26H,5,11-13,15-17H2,1H3,(H,43,49)(H,42,44,45)/t26-/m1/s1. The monoisotopic (exact) mass is 738 g/mol. The molecule has 1 amide bonds. The van der Waals surface area contributed by atoms with E-state index in [4.69, 9.17) is 27.9 Å². The molecule has 51 heavy (non-hydrogen) atoms. The number of anilines is 3. The number of nitrogens with one attached hydrogen (secondary N) is 2. The number of methoxy groups -OCH3 is 1. The predicted octanol–water partition coefficient (Wildman–Crippen LogP) is 7.93. The van der Waals surface area contributed by atoms with Crippen LogP contribution in [0.2, 0.25) is 10.0 Å². The lowest BCUT2D eigenvalue weighted by atomic mass is 9.93. The highest BCUT2D eigenvalue weighted by Crippen LogP contribution is 2.42. The lowest BCUT2D eigenvalue weighted by Gasteiger charge is -2.38.